The number of hydrogen-bond acceptors (Lipinski definition) is 8. The van der Waals surface area contributed by atoms with Crippen molar-refractivity contribution in [1.82, 2.24) is 5.32 Å². The number of hydrogen-bond donors (Lipinski definition) is 6. The maximum Gasteiger partial charge on any atom is 0.220 e. The molecule has 1 aliphatic heterocycles. The van der Waals surface area contributed by atoms with E-state index >= 15 is 0 Å². The lowest BCUT2D eigenvalue weighted by molar-refractivity contribution is -0.302. The molecule has 7 atom stereocenters. The summed E-state index contributed by atoms with van der Waals surface area (Å²) in [6, 6.07) is -0.714. The van der Waals surface area contributed by atoms with E-state index in [4.69, 9.17) is 9.47 Å². The fourth-order valence-electron chi connectivity index (χ4n) is 10.9. The van der Waals surface area contributed by atoms with Crippen molar-refractivity contribution in [2.75, 3.05) is 13.2 Å². The van der Waals surface area contributed by atoms with Gasteiger partial charge in [0.2, 0.25) is 5.91 Å². The van der Waals surface area contributed by atoms with Gasteiger partial charge in [-0.1, -0.05) is 322 Å². The molecule has 0 radical (unpaired) electrons. The lowest BCUT2D eigenvalue weighted by atomic mass is 9.99. The fraction of sp³-hybridized carbons (Fsp3) is 0.984. The molecule has 0 saturated carbocycles. The topological polar surface area (TPSA) is 149 Å². The molecular formula is C63H125NO8. The third-order valence-corrected chi connectivity index (χ3v) is 16.0. The predicted octanol–water partition coefficient (Wildman–Crippen LogP) is 16.6. The molecule has 0 bridgehead atoms. The van der Waals surface area contributed by atoms with Crippen LogP contribution in [0.1, 0.15) is 341 Å². The van der Waals surface area contributed by atoms with Crippen LogP contribution in [0.5, 0.6) is 0 Å². The monoisotopic (exact) mass is 1020 g/mol. The Morgan fingerprint density at radius 3 is 0.986 bits per heavy atom. The van der Waals surface area contributed by atoms with Crippen LogP contribution in [0.25, 0.3) is 0 Å². The van der Waals surface area contributed by atoms with E-state index in [0.29, 0.717) is 12.8 Å². The first-order valence-electron chi connectivity index (χ1n) is 32.2. The summed E-state index contributed by atoms with van der Waals surface area (Å²) in [5.41, 5.74) is 0. The summed E-state index contributed by atoms with van der Waals surface area (Å²) in [6.07, 6.45) is 58.8. The Hall–Kier alpha value is -0.810. The number of amides is 1. The lowest BCUT2D eigenvalue weighted by Gasteiger charge is -2.40. The van der Waals surface area contributed by atoms with Gasteiger partial charge in [0.15, 0.2) is 6.29 Å². The van der Waals surface area contributed by atoms with Gasteiger partial charge in [-0.25, -0.2) is 0 Å². The molecule has 0 aromatic carbocycles. The molecule has 430 valence electrons. The van der Waals surface area contributed by atoms with E-state index in [9.17, 15) is 30.3 Å². The van der Waals surface area contributed by atoms with E-state index in [-0.39, 0.29) is 12.5 Å². The van der Waals surface area contributed by atoms with Gasteiger partial charge in [-0.2, -0.15) is 0 Å². The minimum Gasteiger partial charge on any atom is -0.394 e. The molecule has 1 saturated heterocycles. The molecule has 1 fully saturated rings. The standard InChI is InChI=1S/C63H125NO8/c1-3-5-7-9-11-13-15-17-19-21-22-23-24-25-26-27-28-29-30-31-32-33-34-35-37-39-41-43-45-47-49-51-53-59(67)64-56(55-71-63-62(70)61(69)60(68)58(54-65)72-63)57(66)52-50-48-46-44-42-40-38-36-20-18-16-14-12-10-8-6-4-2/h56-58,60-63,65-66,68-70H,3-55H2,1-2H3,(H,64,67)/t56-,57+,58+,60-,61?,62?,63+/m0/s1. The highest BCUT2D eigenvalue weighted by molar-refractivity contribution is 5.76. The van der Waals surface area contributed by atoms with Crippen molar-refractivity contribution in [1.29, 1.82) is 0 Å². The van der Waals surface area contributed by atoms with Crippen molar-refractivity contribution >= 4 is 5.91 Å². The second kappa shape index (κ2) is 53.6. The highest BCUT2D eigenvalue weighted by Gasteiger charge is 2.44. The number of aliphatic hydroxyl groups is 5. The number of ether oxygens (including phenoxy) is 2. The van der Waals surface area contributed by atoms with Crippen molar-refractivity contribution in [3.05, 3.63) is 0 Å². The molecule has 2 unspecified atom stereocenters. The number of unbranched alkanes of at least 4 members (excludes halogenated alkanes) is 47. The van der Waals surface area contributed by atoms with Crippen LogP contribution in [0.2, 0.25) is 0 Å². The van der Waals surface area contributed by atoms with Crippen LogP contribution in [-0.4, -0.2) is 87.5 Å². The zero-order chi connectivity index (χ0) is 52.2. The molecule has 72 heavy (non-hydrogen) atoms. The number of rotatable bonds is 57. The van der Waals surface area contributed by atoms with Crippen LogP contribution in [0, 0.1) is 0 Å². The zero-order valence-corrected chi connectivity index (χ0v) is 48.0. The summed E-state index contributed by atoms with van der Waals surface area (Å²) >= 11 is 0. The zero-order valence-electron chi connectivity index (χ0n) is 48.0. The number of carbonyl (C=O) groups is 1. The van der Waals surface area contributed by atoms with Crippen LogP contribution in [0.4, 0.5) is 0 Å². The van der Waals surface area contributed by atoms with Crippen LogP contribution in [0.3, 0.4) is 0 Å². The Kier molecular flexibility index (Phi) is 51.5. The SMILES string of the molecule is CCCCCCCCCCCCCCCCCCCCCCCCCCCCCCCCCCC(=O)N[C@@H](CO[C@@H]1O[C@H](CO)[C@H](O)C(O)C1O)[C@H](O)CCCCCCCCCCCCCCCCCCC. The van der Waals surface area contributed by atoms with Crippen LogP contribution >= 0.6 is 0 Å². The van der Waals surface area contributed by atoms with Gasteiger partial charge in [-0.15, -0.1) is 0 Å². The van der Waals surface area contributed by atoms with E-state index in [0.717, 1.165) is 38.5 Å². The molecule has 1 amide bonds. The molecule has 1 aliphatic rings. The van der Waals surface area contributed by atoms with E-state index in [1.807, 2.05) is 0 Å². The minimum absolute atomic E-state index is 0.131. The third kappa shape index (κ3) is 42.3. The van der Waals surface area contributed by atoms with Crippen molar-refractivity contribution in [2.45, 2.75) is 384 Å². The normalized spacial score (nSPS) is 19.0. The summed E-state index contributed by atoms with van der Waals surface area (Å²) in [4.78, 5) is 13.1. The second-order valence-corrected chi connectivity index (χ2v) is 22.9. The maximum absolute atomic E-state index is 13.1. The smallest absolute Gasteiger partial charge is 0.220 e. The van der Waals surface area contributed by atoms with Gasteiger partial charge >= 0.3 is 0 Å². The molecule has 0 aliphatic carbocycles. The van der Waals surface area contributed by atoms with Gasteiger partial charge in [0, 0.05) is 6.42 Å². The highest BCUT2D eigenvalue weighted by Crippen LogP contribution is 2.24. The van der Waals surface area contributed by atoms with Crippen molar-refractivity contribution in [3.8, 4) is 0 Å². The van der Waals surface area contributed by atoms with Crippen LogP contribution < -0.4 is 5.32 Å². The van der Waals surface area contributed by atoms with Crippen molar-refractivity contribution in [3.63, 3.8) is 0 Å². The first-order valence-corrected chi connectivity index (χ1v) is 32.2. The van der Waals surface area contributed by atoms with Gasteiger partial charge in [-0.05, 0) is 12.8 Å². The second-order valence-electron chi connectivity index (χ2n) is 22.9. The van der Waals surface area contributed by atoms with Gasteiger partial charge in [0.05, 0.1) is 25.4 Å². The summed E-state index contributed by atoms with van der Waals surface area (Å²) in [5, 5.41) is 54.8. The van der Waals surface area contributed by atoms with Crippen LogP contribution in [-0.2, 0) is 14.3 Å². The fourth-order valence-corrected chi connectivity index (χ4v) is 10.9. The number of carbonyl (C=O) groups excluding carboxylic acids is 1. The Bertz CT molecular complexity index is 1100. The number of nitrogens with one attached hydrogen (secondary N) is 1. The highest BCUT2D eigenvalue weighted by atomic mass is 16.7. The quantitative estimate of drug-likeness (QED) is 0.0330. The lowest BCUT2D eigenvalue weighted by Crippen LogP contribution is -2.60. The molecule has 0 spiro atoms. The van der Waals surface area contributed by atoms with E-state index < -0.39 is 49.5 Å². The maximum atomic E-state index is 13.1. The van der Waals surface area contributed by atoms with Gasteiger partial charge < -0.3 is 40.3 Å². The third-order valence-electron chi connectivity index (χ3n) is 16.0. The predicted molar refractivity (Wildman–Crippen MR) is 304 cm³/mol. The molecule has 0 aromatic rings. The molecule has 1 rings (SSSR count). The van der Waals surface area contributed by atoms with Gasteiger partial charge in [0.1, 0.15) is 24.4 Å². The Morgan fingerprint density at radius 1 is 0.417 bits per heavy atom. The Morgan fingerprint density at radius 2 is 0.694 bits per heavy atom. The van der Waals surface area contributed by atoms with Crippen LogP contribution in [0.15, 0.2) is 0 Å². The van der Waals surface area contributed by atoms with E-state index in [2.05, 4.69) is 19.2 Å². The van der Waals surface area contributed by atoms with Crippen molar-refractivity contribution in [2.24, 2.45) is 0 Å². The summed E-state index contributed by atoms with van der Waals surface area (Å²) < 4.78 is 11.3. The first-order chi connectivity index (χ1) is 35.3. The average molecular weight is 1020 g/mol. The largest absolute Gasteiger partial charge is 0.394 e. The molecule has 0 aromatic heterocycles. The van der Waals surface area contributed by atoms with Gasteiger partial charge in [0.25, 0.3) is 0 Å². The molecular weight excluding hydrogens is 899 g/mol. The summed E-state index contributed by atoms with van der Waals surface area (Å²) in [6.45, 7) is 3.89. The van der Waals surface area contributed by atoms with Gasteiger partial charge in [-0.3, -0.25) is 4.79 Å². The molecule has 9 heteroatoms. The molecule has 9 nitrogen and oxygen atoms in total. The first kappa shape index (κ1) is 69.2. The Labute approximate surface area is 446 Å². The summed E-state index contributed by atoms with van der Waals surface area (Å²) in [7, 11) is 0. The average Bonchev–Trinajstić information content (AvgIpc) is 3.38. The summed E-state index contributed by atoms with van der Waals surface area (Å²) in [5.74, 6) is -0.135. The minimum atomic E-state index is -1.55. The van der Waals surface area contributed by atoms with E-state index in [1.165, 1.54) is 276 Å². The van der Waals surface area contributed by atoms with E-state index in [1.54, 1.807) is 0 Å². The molecule has 1 heterocycles. The van der Waals surface area contributed by atoms with Crippen molar-refractivity contribution < 1.29 is 39.8 Å². The Balaban J connectivity index is 2.08. The number of aliphatic hydroxyl groups excluding tert-OH is 5. The molecule has 6 N–H and O–H groups in total.